The highest BCUT2D eigenvalue weighted by molar-refractivity contribution is 6.36. The Kier molecular flexibility index (Phi) is 8.23. The van der Waals surface area contributed by atoms with E-state index < -0.39 is 0 Å². The van der Waals surface area contributed by atoms with Gasteiger partial charge in [0.05, 0.1) is 0 Å². The minimum Gasteiger partial charge on any atom is -0.508 e. The lowest BCUT2D eigenvalue weighted by Crippen LogP contribution is -2.34. The van der Waals surface area contributed by atoms with Gasteiger partial charge in [-0.3, -0.25) is 4.79 Å². The molecule has 0 aliphatic heterocycles. The maximum absolute atomic E-state index is 12.2. The van der Waals surface area contributed by atoms with Crippen molar-refractivity contribution >= 4 is 29.1 Å². The lowest BCUT2D eigenvalue weighted by molar-refractivity contribution is -0.132. The van der Waals surface area contributed by atoms with Crippen molar-refractivity contribution in [2.75, 3.05) is 20.2 Å². The topological polar surface area (TPSA) is 49.8 Å². The fourth-order valence-corrected chi connectivity index (χ4v) is 3.72. The molecule has 1 N–H and O–H groups in total. The summed E-state index contributed by atoms with van der Waals surface area (Å²) in [4.78, 5) is 13.8. The molecule has 29 heavy (non-hydrogen) atoms. The van der Waals surface area contributed by atoms with E-state index in [0.29, 0.717) is 34.7 Å². The van der Waals surface area contributed by atoms with Gasteiger partial charge in [-0.25, -0.2) is 0 Å². The van der Waals surface area contributed by atoms with E-state index in [1.54, 1.807) is 30.1 Å². The van der Waals surface area contributed by atoms with Crippen LogP contribution in [0.15, 0.2) is 30.3 Å². The standard InChI is InChI=1S/C23H29Cl2NO3/c1-14(2)12-26(5)23(28)13-29-17-10-20(24)19(21(25)11-17)9-16-6-7-22(27)18(8-16)15(3)4/h6-8,10-11,14-15,27H,9,12-13H2,1-5H3. The molecule has 0 aliphatic carbocycles. The number of phenolic OH excluding ortho intramolecular Hbond substituents is 1. The quantitative estimate of drug-likeness (QED) is 0.558. The molecule has 0 unspecified atom stereocenters. The van der Waals surface area contributed by atoms with Crippen molar-refractivity contribution in [2.24, 2.45) is 5.92 Å². The Morgan fingerprint density at radius 2 is 1.72 bits per heavy atom. The number of aromatic hydroxyl groups is 1. The van der Waals surface area contributed by atoms with Crippen molar-refractivity contribution in [3.05, 3.63) is 57.1 Å². The number of rotatable bonds is 8. The molecule has 0 fully saturated rings. The molecule has 158 valence electrons. The highest BCUT2D eigenvalue weighted by atomic mass is 35.5. The summed E-state index contributed by atoms with van der Waals surface area (Å²) in [5.41, 5.74) is 2.68. The normalized spacial score (nSPS) is 11.2. The summed E-state index contributed by atoms with van der Waals surface area (Å²) in [6.45, 7) is 8.79. The molecule has 2 rings (SSSR count). The molecule has 0 aromatic heterocycles. The zero-order chi connectivity index (χ0) is 21.7. The molecule has 2 aromatic carbocycles. The van der Waals surface area contributed by atoms with Crippen LogP contribution in [0.25, 0.3) is 0 Å². The van der Waals surface area contributed by atoms with E-state index in [-0.39, 0.29) is 24.2 Å². The molecule has 0 spiro atoms. The first-order valence-electron chi connectivity index (χ1n) is 9.75. The Hall–Kier alpha value is -1.91. The molecule has 0 bridgehead atoms. The third-order valence-electron chi connectivity index (χ3n) is 4.64. The molecular formula is C23H29Cl2NO3. The van der Waals surface area contributed by atoms with Crippen LogP contribution in [0, 0.1) is 5.92 Å². The number of phenols is 1. The molecule has 0 heterocycles. The molecule has 2 aromatic rings. The van der Waals surface area contributed by atoms with Gasteiger partial charge in [0.15, 0.2) is 6.61 Å². The molecule has 0 saturated carbocycles. The van der Waals surface area contributed by atoms with Crippen molar-refractivity contribution in [3.63, 3.8) is 0 Å². The van der Waals surface area contributed by atoms with Gasteiger partial charge < -0.3 is 14.7 Å². The minimum absolute atomic E-state index is 0.0645. The Bertz CT molecular complexity index is 842. The third-order valence-corrected chi connectivity index (χ3v) is 5.31. The first-order chi connectivity index (χ1) is 13.6. The smallest absolute Gasteiger partial charge is 0.260 e. The fraction of sp³-hybridized carbons (Fsp3) is 0.435. The highest BCUT2D eigenvalue weighted by Crippen LogP contribution is 2.34. The maximum atomic E-state index is 12.2. The van der Waals surface area contributed by atoms with Crippen molar-refractivity contribution in [2.45, 2.75) is 40.0 Å². The summed E-state index contributed by atoms with van der Waals surface area (Å²) in [7, 11) is 1.76. The van der Waals surface area contributed by atoms with Crippen molar-refractivity contribution < 1.29 is 14.6 Å². The number of nitrogens with zero attached hydrogens (tertiary/aromatic N) is 1. The second-order valence-electron chi connectivity index (χ2n) is 8.05. The SMILES string of the molecule is CC(C)CN(C)C(=O)COc1cc(Cl)c(Cc2ccc(O)c(C(C)C)c2)c(Cl)c1. The lowest BCUT2D eigenvalue weighted by Gasteiger charge is -2.19. The predicted molar refractivity (Wildman–Crippen MR) is 119 cm³/mol. The van der Waals surface area contributed by atoms with Crippen LogP contribution in [0.1, 0.15) is 50.3 Å². The molecular weight excluding hydrogens is 409 g/mol. The van der Waals surface area contributed by atoms with Gasteiger partial charge in [0.1, 0.15) is 11.5 Å². The van der Waals surface area contributed by atoms with Crippen LogP contribution in [0.3, 0.4) is 0 Å². The molecule has 0 saturated heterocycles. The molecule has 6 heteroatoms. The summed E-state index contributed by atoms with van der Waals surface area (Å²) in [6.07, 6.45) is 0.536. The summed E-state index contributed by atoms with van der Waals surface area (Å²) in [6, 6.07) is 8.90. The number of amides is 1. The number of halogens is 2. The van der Waals surface area contributed by atoms with Gasteiger partial charge in [-0.1, -0.05) is 63.0 Å². The van der Waals surface area contributed by atoms with Gasteiger partial charge in [0.2, 0.25) is 0 Å². The molecule has 0 radical (unpaired) electrons. The Morgan fingerprint density at radius 3 is 2.28 bits per heavy atom. The second-order valence-corrected chi connectivity index (χ2v) is 8.86. The summed E-state index contributed by atoms with van der Waals surface area (Å²) in [5, 5.41) is 11.0. The van der Waals surface area contributed by atoms with Gasteiger partial charge in [-0.2, -0.15) is 0 Å². The summed E-state index contributed by atoms with van der Waals surface area (Å²) in [5.74, 6) is 1.26. The zero-order valence-electron chi connectivity index (χ0n) is 17.6. The average Bonchev–Trinajstić information content (AvgIpc) is 2.63. The molecule has 0 atom stereocenters. The average molecular weight is 438 g/mol. The number of carbonyl (C=O) groups excluding carboxylic acids is 1. The van der Waals surface area contributed by atoms with Crippen LogP contribution < -0.4 is 4.74 Å². The van der Waals surface area contributed by atoms with Crippen LogP contribution >= 0.6 is 23.2 Å². The minimum atomic E-state index is -0.0969. The number of likely N-dealkylation sites (N-methyl/N-ethyl adjacent to an activating group) is 1. The Balaban J connectivity index is 2.12. The fourth-order valence-electron chi connectivity index (χ4n) is 3.12. The van der Waals surface area contributed by atoms with Crippen molar-refractivity contribution in [1.29, 1.82) is 0 Å². The van der Waals surface area contributed by atoms with Crippen LogP contribution in [0.5, 0.6) is 11.5 Å². The monoisotopic (exact) mass is 437 g/mol. The summed E-state index contributed by atoms with van der Waals surface area (Å²) >= 11 is 12.9. The number of carbonyl (C=O) groups is 1. The van der Waals surface area contributed by atoms with E-state index in [2.05, 4.69) is 13.8 Å². The van der Waals surface area contributed by atoms with Crippen molar-refractivity contribution in [1.82, 2.24) is 4.90 Å². The van der Waals surface area contributed by atoms with Gasteiger partial charge in [0, 0.05) is 30.1 Å². The number of benzene rings is 2. The second kappa shape index (κ2) is 10.2. The van der Waals surface area contributed by atoms with E-state index in [4.69, 9.17) is 27.9 Å². The Morgan fingerprint density at radius 1 is 1.10 bits per heavy atom. The highest BCUT2D eigenvalue weighted by Gasteiger charge is 2.15. The molecule has 4 nitrogen and oxygen atoms in total. The largest absolute Gasteiger partial charge is 0.508 e. The molecule has 1 amide bonds. The Labute approximate surface area is 183 Å². The van der Waals surface area contributed by atoms with E-state index in [9.17, 15) is 9.90 Å². The van der Waals surface area contributed by atoms with Crippen molar-refractivity contribution in [3.8, 4) is 11.5 Å². The zero-order valence-corrected chi connectivity index (χ0v) is 19.1. The van der Waals surface area contributed by atoms with Crippen LogP contribution in [0.2, 0.25) is 10.0 Å². The van der Waals surface area contributed by atoms with Crippen LogP contribution in [-0.2, 0) is 11.2 Å². The van der Waals surface area contributed by atoms with E-state index in [1.807, 2.05) is 26.0 Å². The van der Waals surface area contributed by atoms with Gasteiger partial charge in [0.25, 0.3) is 5.91 Å². The summed E-state index contributed by atoms with van der Waals surface area (Å²) < 4.78 is 5.61. The van der Waals surface area contributed by atoms with Gasteiger partial charge in [-0.15, -0.1) is 0 Å². The number of ether oxygens (including phenoxy) is 1. The van der Waals surface area contributed by atoms with E-state index in [1.165, 1.54) is 0 Å². The number of hydrogen-bond donors (Lipinski definition) is 1. The predicted octanol–water partition coefficient (Wildman–Crippen LogP) is 5.91. The van der Waals surface area contributed by atoms with Gasteiger partial charge >= 0.3 is 0 Å². The van der Waals surface area contributed by atoms with E-state index in [0.717, 1.165) is 16.7 Å². The maximum Gasteiger partial charge on any atom is 0.260 e. The third kappa shape index (κ3) is 6.55. The van der Waals surface area contributed by atoms with Crippen LogP contribution in [0.4, 0.5) is 0 Å². The van der Waals surface area contributed by atoms with Crippen LogP contribution in [-0.4, -0.2) is 36.1 Å². The first-order valence-corrected chi connectivity index (χ1v) is 10.5. The van der Waals surface area contributed by atoms with E-state index >= 15 is 0 Å². The molecule has 0 aliphatic rings. The number of hydrogen-bond acceptors (Lipinski definition) is 3. The van der Waals surface area contributed by atoms with Gasteiger partial charge in [-0.05, 0) is 46.7 Å². The first kappa shape index (κ1) is 23.4. The lowest BCUT2D eigenvalue weighted by atomic mass is 9.96.